The van der Waals surface area contributed by atoms with Crippen molar-refractivity contribution in [3.63, 3.8) is 0 Å². The highest BCUT2D eigenvalue weighted by molar-refractivity contribution is 9.10. The van der Waals surface area contributed by atoms with E-state index in [1.165, 1.54) is 6.07 Å². The van der Waals surface area contributed by atoms with Gasteiger partial charge in [-0.1, -0.05) is 34.1 Å². The van der Waals surface area contributed by atoms with Crippen LogP contribution in [0.5, 0.6) is 5.75 Å². The van der Waals surface area contributed by atoms with Crippen molar-refractivity contribution < 1.29 is 13.9 Å². The summed E-state index contributed by atoms with van der Waals surface area (Å²) in [4.78, 5) is 12.3. The van der Waals surface area contributed by atoms with Crippen LogP contribution in [0.25, 0.3) is 0 Å². The lowest BCUT2D eigenvalue weighted by Crippen LogP contribution is -2.08. The first-order valence-electron chi connectivity index (χ1n) is 6.69. The van der Waals surface area contributed by atoms with E-state index in [4.69, 9.17) is 4.74 Å². The van der Waals surface area contributed by atoms with E-state index in [-0.39, 0.29) is 24.1 Å². The third-order valence-corrected chi connectivity index (χ3v) is 3.39. The van der Waals surface area contributed by atoms with Gasteiger partial charge in [-0.15, -0.1) is 0 Å². The monoisotopic (exact) mass is 350 g/mol. The van der Waals surface area contributed by atoms with Gasteiger partial charge in [0.25, 0.3) is 0 Å². The zero-order valence-corrected chi connectivity index (χ0v) is 13.5. The largest absolute Gasteiger partial charge is 0.491 e. The topological polar surface area (TPSA) is 26.3 Å². The Hall–Kier alpha value is -1.68. The van der Waals surface area contributed by atoms with Crippen LogP contribution in [0.1, 0.15) is 29.8 Å². The van der Waals surface area contributed by atoms with Gasteiger partial charge in [-0.05, 0) is 43.7 Å². The first-order chi connectivity index (χ1) is 9.95. The van der Waals surface area contributed by atoms with E-state index in [9.17, 15) is 9.18 Å². The maximum atomic E-state index is 13.8. The zero-order chi connectivity index (χ0) is 15.4. The number of hydrogen-bond acceptors (Lipinski definition) is 2. The first-order valence-corrected chi connectivity index (χ1v) is 7.49. The van der Waals surface area contributed by atoms with Crippen molar-refractivity contribution in [2.45, 2.75) is 26.4 Å². The molecule has 0 bridgehead atoms. The van der Waals surface area contributed by atoms with Crippen LogP contribution in [0, 0.1) is 5.82 Å². The first kappa shape index (κ1) is 15.7. The molecule has 21 heavy (non-hydrogen) atoms. The lowest BCUT2D eigenvalue weighted by Gasteiger charge is -2.10. The van der Waals surface area contributed by atoms with E-state index in [0.717, 1.165) is 0 Å². The van der Waals surface area contributed by atoms with Gasteiger partial charge >= 0.3 is 0 Å². The molecule has 0 fully saturated rings. The van der Waals surface area contributed by atoms with Gasteiger partial charge in [-0.25, -0.2) is 4.39 Å². The summed E-state index contributed by atoms with van der Waals surface area (Å²) in [5.41, 5.74) is 0.911. The van der Waals surface area contributed by atoms with Gasteiger partial charge in [0.05, 0.1) is 6.10 Å². The maximum absolute atomic E-state index is 13.8. The van der Waals surface area contributed by atoms with Crippen molar-refractivity contribution in [2.24, 2.45) is 0 Å². The number of benzene rings is 2. The van der Waals surface area contributed by atoms with E-state index >= 15 is 0 Å². The molecule has 4 heteroatoms. The van der Waals surface area contributed by atoms with Crippen LogP contribution in [-0.2, 0) is 6.42 Å². The second-order valence-electron chi connectivity index (χ2n) is 5.03. The van der Waals surface area contributed by atoms with E-state index in [0.29, 0.717) is 21.3 Å². The molecule has 0 aliphatic carbocycles. The van der Waals surface area contributed by atoms with Gasteiger partial charge in [0.2, 0.25) is 0 Å². The Balaban J connectivity index is 2.16. The fourth-order valence-corrected chi connectivity index (χ4v) is 2.29. The number of ether oxygens (including phenoxy) is 1. The molecule has 0 aliphatic heterocycles. The molecule has 0 unspecified atom stereocenters. The van der Waals surface area contributed by atoms with Crippen molar-refractivity contribution in [1.82, 2.24) is 0 Å². The number of rotatable bonds is 5. The van der Waals surface area contributed by atoms with Gasteiger partial charge in [0.1, 0.15) is 11.6 Å². The number of Topliss-reactive ketones (excluding diaryl/α,β-unsaturated/α-hetero) is 1. The van der Waals surface area contributed by atoms with Crippen LogP contribution in [0.2, 0.25) is 0 Å². The molecule has 0 spiro atoms. The number of carbonyl (C=O) groups excluding carboxylic acids is 1. The maximum Gasteiger partial charge on any atom is 0.167 e. The Morgan fingerprint density at radius 1 is 1.24 bits per heavy atom. The molecule has 0 saturated carbocycles. The SMILES string of the molecule is CC(C)Oc1cccc(C(=O)Cc2ccc(Br)cc2F)c1. The quantitative estimate of drug-likeness (QED) is 0.724. The van der Waals surface area contributed by atoms with Crippen molar-refractivity contribution in [3.8, 4) is 5.75 Å². The fraction of sp³-hybridized carbons (Fsp3) is 0.235. The van der Waals surface area contributed by atoms with E-state index < -0.39 is 0 Å². The van der Waals surface area contributed by atoms with Crippen molar-refractivity contribution >= 4 is 21.7 Å². The molecule has 0 amide bonds. The van der Waals surface area contributed by atoms with Gasteiger partial charge in [0, 0.05) is 16.5 Å². The molecule has 2 aromatic rings. The van der Waals surface area contributed by atoms with Crippen LogP contribution >= 0.6 is 15.9 Å². The predicted molar refractivity (Wildman–Crippen MR) is 84.3 cm³/mol. The highest BCUT2D eigenvalue weighted by Gasteiger charge is 2.12. The minimum Gasteiger partial charge on any atom is -0.491 e. The average molecular weight is 351 g/mol. The van der Waals surface area contributed by atoms with Gasteiger partial charge in [-0.2, -0.15) is 0 Å². The molecular formula is C17H16BrFO2. The number of ketones is 1. The Morgan fingerprint density at radius 3 is 2.67 bits per heavy atom. The van der Waals surface area contributed by atoms with Gasteiger partial charge < -0.3 is 4.74 Å². The minimum absolute atomic E-state index is 0.0320. The number of carbonyl (C=O) groups is 1. The van der Waals surface area contributed by atoms with E-state index in [2.05, 4.69) is 15.9 Å². The summed E-state index contributed by atoms with van der Waals surface area (Å²) < 4.78 is 20.0. The molecular weight excluding hydrogens is 335 g/mol. The van der Waals surface area contributed by atoms with Gasteiger partial charge in [0.15, 0.2) is 5.78 Å². The molecule has 0 aliphatic rings. The summed E-state index contributed by atoms with van der Waals surface area (Å²) >= 11 is 3.20. The smallest absolute Gasteiger partial charge is 0.167 e. The molecule has 0 saturated heterocycles. The molecule has 110 valence electrons. The third kappa shape index (κ3) is 4.39. The fourth-order valence-electron chi connectivity index (χ4n) is 1.96. The molecule has 2 aromatic carbocycles. The third-order valence-electron chi connectivity index (χ3n) is 2.89. The van der Waals surface area contributed by atoms with E-state index in [1.807, 2.05) is 13.8 Å². The second kappa shape index (κ2) is 6.85. The Kier molecular flexibility index (Phi) is 5.12. The summed E-state index contributed by atoms with van der Waals surface area (Å²) in [7, 11) is 0. The molecule has 0 N–H and O–H groups in total. The summed E-state index contributed by atoms with van der Waals surface area (Å²) in [5.74, 6) is 0.130. The highest BCUT2D eigenvalue weighted by Crippen LogP contribution is 2.19. The standard InChI is InChI=1S/C17H16BrFO2/c1-11(2)21-15-5-3-4-13(8-15)17(20)9-12-6-7-14(18)10-16(12)19/h3-8,10-11H,9H2,1-2H3. The summed E-state index contributed by atoms with van der Waals surface area (Å²) in [6.45, 7) is 3.84. The molecule has 0 aromatic heterocycles. The second-order valence-corrected chi connectivity index (χ2v) is 5.95. The number of hydrogen-bond donors (Lipinski definition) is 0. The van der Waals surface area contributed by atoms with Crippen LogP contribution in [0.4, 0.5) is 4.39 Å². The number of halogens is 2. The lowest BCUT2D eigenvalue weighted by molar-refractivity contribution is 0.0991. The lowest BCUT2D eigenvalue weighted by atomic mass is 10.0. The Morgan fingerprint density at radius 2 is 2.00 bits per heavy atom. The molecule has 2 nitrogen and oxygen atoms in total. The van der Waals surface area contributed by atoms with Crippen molar-refractivity contribution in [2.75, 3.05) is 0 Å². The molecule has 2 rings (SSSR count). The van der Waals surface area contributed by atoms with Crippen molar-refractivity contribution in [3.05, 3.63) is 63.9 Å². The van der Waals surface area contributed by atoms with Gasteiger partial charge in [-0.3, -0.25) is 4.79 Å². The normalized spacial score (nSPS) is 10.7. The van der Waals surface area contributed by atoms with E-state index in [1.54, 1.807) is 36.4 Å². The Labute approximate surface area is 132 Å². The van der Waals surface area contributed by atoms with Crippen LogP contribution in [0.15, 0.2) is 46.9 Å². The predicted octanol–water partition coefficient (Wildman–Crippen LogP) is 4.80. The molecule has 0 radical (unpaired) electrons. The summed E-state index contributed by atoms with van der Waals surface area (Å²) in [5, 5.41) is 0. The zero-order valence-electron chi connectivity index (χ0n) is 11.9. The van der Waals surface area contributed by atoms with Crippen LogP contribution in [-0.4, -0.2) is 11.9 Å². The summed E-state index contributed by atoms with van der Waals surface area (Å²) in [6.07, 6.45) is 0.0730. The summed E-state index contributed by atoms with van der Waals surface area (Å²) in [6, 6.07) is 11.7. The molecule has 0 heterocycles. The van der Waals surface area contributed by atoms with Crippen LogP contribution < -0.4 is 4.74 Å². The van der Waals surface area contributed by atoms with Crippen molar-refractivity contribution in [1.29, 1.82) is 0 Å². The minimum atomic E-state index is -0.382. The molecule has 0 atom stereocenters. The Bertz CT molecular complexity index is 653. The average Bonchev–Trinajstić information content (AvgIpc) is 2.41. The highest BCUT2D eigenvalue weighted by atomic mass is 79.9. The van der Waals surface area contributed by atoms with Crippen LogP contribution in [0.3, 0.4) is 0 Å².